The summed E-state index contributed by atoms with van der Waals surface area (Å²) in [5.41, 5.74) is -1.85. The summed E-state index contributed by atoms with van der Waals surface area (Å²) in [4.78, 5) is 0. The van der Waals surface area contributed by atoms with E-state index in [1.165, 1.54) is 5.57 Å². The molecule has 0 aromatic rings. The van der Waals surface area contributed by atoms with Crippen molar-refractivity contribution in [2.45, 2.75) is 192 Å². The van der Waals surface area contributed by atoms with Crippen LogP contribution in [-0.2, 0) is 18.9 Å². The molecule has 6 aliphatic rings. The van der Waals surface area contributed by atoms with E-state index in [0.717, 1.165) is 19.3 Å². The molecule has 0 aromatic heterocycles. The highest BCUT2D eigenvalue weighted by atomic mass is 16.8. The molecule has 56 heavy (non-hydrogen) atoms. The van der Waals surface area contributed by atoms with E-state index in [-0.39, 0.29) is 23.7 Å². The van der Waals surface area contributed by atoms with Gasteiger partial charge in [-0.25, -0.2) is 0 Å². The van der Waals surface area contributed by atoms with Gasteiger partial charge in [0.25, 0.3) is 0 Å². The van der Waals surface area contributed by atoms with Crippen LogP contribution < -0.4 is 0 Å². The first kappa shape index (κ1) is 44.7. The number of hydrogen-bond donors (Lipinski definition) is 10. The Kier molecular flexibility index (Phi) is 12.7. The molecule has 0 bridgehead atoms. The molecule has 21 atom stereocenters. The van der Waals surface area contributed by atoms with Gasteiger partial charge >= 0.3 is 0 Å². The fourth-order valence-corrected chi connectivity index (χ4v) is 13.4. The lowest BCUT2D eigenvalue weighted by molar-refractivity contribution is -0.383. The predicted octanol–water partition coefficient (Wildman–Crippen LogP) is 1.12. The van der Waals surface area contributed by atoms with Gasteiger partial charge in [0.15, 0.2) is 12.6 Å². The van der Waals surface area contributed by atoms with Gasteiger partial charge in [-0.05, 0) is 117 Å². The molecule has 14 nitrogen and oxygen atoms in total. The molecule has 4 saturated carbocycles. The van der Waals surface area contributed by atoms with Crippen molar-refractivity contribution in [3.8, 4) is 0 Å². The van der Waals surface area contributed by atoms with Gasteiger partial charge in [0.1, 0.15) is 48.8 Å². The van der Waals surface area contributed by atoms with E-state index < -0.39 is 120 Å². The Hall–Kier alpha value is -0.820. The zero-order chi connectivity index (χ0) is 41.5. The standard InChI is InChI=1S/C42H72O14/c1-20(2)10-9-13-42(8,52)21-11-15-40(6)28(21)22(45)16-26-39(5)14-12-27(46)38(3,4)35(39)23(17-41(26,40)7)53-37-34(32(50)30(48)25(19-44)55-37)56-36-33(51)31(49)29(47)24(18-43)54-36/h10,21-37,43-52H,9,11-19H2,1-8H3/t21-,22+,23+,24+,25+,26+,27-,28+,29-,30+,31+,32+,33-,34+,35-,36+,37-,39-,40+,41+,42-/m0/s1. The summed E-state index contributed by atoms with van der Waals surface area (Å²) in [6.45, 7) is 15.5. The SMILES string of the molecule is CC(C)=CCC[C@](C)(O)[C@H]1CC[C@]2(C)[C@H]1[C@H](O)C[C@@H]1[C@]3(C)CC[C@H](O)C(C)(C)[C@@H]3[C@H](O[C@H]3O[C@H](CO)[C@@H](O)[C@@H](O)[C@H]3O[C@H]3O[C@H](CO)[C@H](O)[C@@H](O)[C@@H]3O)C[C@]12C. The van der Waals surface area contributed by atoms with Crippen LogP contribution in [0.2, 0.25) is 0 Å². The van der Waals surface area contributed by atoms with Crippen LogP contribution in [0.3, 0.4) is 0 Å². The van der Waals surface area contributed by atoms with Crippen molar-refractivity contribution >= 4 is 0 Å². The number of rotatable bonds is 10. The van der Waals surface area contributed by atoms with Crippen LogP contribution in [0.15, 0.2) is 11.6 Å². The summed E-state index contributed by atoms with van der Waals surface area (Å²) in [6.07, 6.45) is -10.6. The van der Waals surface area contributed by atoms with Crippen molar-refractivity contribution < 1.29 is 70.0 Å². The normalized spacial score (nSPS) is 52.6. The Morgan fingerprint density at radius 1 is 0.768 bits per heavy atom. The first-order chi connectivity index (χ1) is 26.0. The minimum Gasteiger partial charge on any atom is -0.394 e. The fraction of sp³-hybridized carbons (Fsp3) is 0.952. The predicted molar refractivity (Wildman–Crippen MR) is 202 cm³/mol. The number of allylic oxidation sites excluding steroid dienone is 2. The third-order valence-corrected chi connectivity index (χ3v) is 16.5. The molecule has 0 amide bonds. The van der Waals surface area contributed by atoms with E-state index in [1.54, 1.807) is 0 Å². The first-order valence-electron chi connectivity index (χ1n) is 21.0. The van der Waals surface area contributed by atoms with E-state index in [0.29, 0.717) is 32.1 Å². The molecule has 2 aliphatic heterocycles. The van der Waals surface area contributed by atoms with Crippen molar-refractivity contribution in [3.63, 3.8) is 0 Å². The third-order valence-electron chi connectivity index (χ3n) is 16.5. The van der Waals surface area contributed by atoms with E-state index in [4.69, 9.17) is 18.9 Å². The zero-order valence-electron chi connectivity index (χ0n) is 34.6. The molecule has 324 valence electrons. The molecule has 2 heterocycles. The van der Waals surface area contributed by atoms with Gasteiger partial charge < -0.3 is 70.0 Å². The number of aliphatic hydroxyl groups excluding tert-OH is 9. The highest BCUT2D eigenvalue weighted by molar-refractivity contribution is 5.22. The smallest absolute Gasteiger partial charge is 0.187 e. The molecule has 0 aromatic carbocycles. The van der Waals surface area contributed by atoms with Gasteiger partial charge in [0.05, 0.1) is 37.1 Å². The first-order valence-corrected chi connectivity index (χ1v) is 21.0. The summed E-state index contributed by atoms with van der Waals surface area (Å²) in [5.74, 6) is -0.623. The number of ether oxygens (including phenoxy) is 4. The molecular weight excluding hydrogens is 728 g/mol. The van der Waals surface area contributed by atoms with E-state index in [9.17, 15) is 51.1 Å². The quantitative estimate of drug-likeness (QED) is 0.110. The van der Waals surface area contributed by atoms with Crippen LogP contribution in [0, 0.1) is 45.3 Å². The summed E-state index contributed by atoms with van der Waals surface area (Å²) >= 11 is 0. The maximum absolute atomic E-state index is 12.3. The molecule has 6 fully saturated rings. The summed E-state index contributed by atoms with van der Waals surface area (Å²) < 4.78 is 24.9. The summed E-state index contributed by atoms with van der Waals surface area (Å²) in [7, 11) is 0. The Morgan fingerprint density at radius 2 is 1.38 bits per heavy atom. The van der Waals surface area contributed by atoms with Crippen molar-refractivity contribution in [1.82, 2.24) is 0 Å². The van der Waals surface area contributed by atoms with Crippen molar-refractivity contribution in [2.75, 3.05) is 13.2 Å². The lowest BCUT2D eigenvalue weighted by Gasteiger charge is -2.72. The van der Waals surface area contributed by atoms with E-state index >= 15 is 0 Å². The van der Waals surface area contributed by atoms with Crippen molar-refractivity contribution in [3.05, 3.63) is 11.6 Å². The highest BCUT2D eigenvalue weighted by Gasteiger charge is 2.73. The largest absolute Gasteiger partial charge is 0.394 e. The minimum absolute atomic E-state index is 0.0169. The molecular formula is C42H72O14. The van der Waals surface area contributed by atoms with Gasteiger partial charge in [-0.2, -0.15) is 0 Å². The fourth-order valence-electron chi connectivity index (χ4n) is 13.4. The Labute approximate surface area is 331 Å². The van der Waals surface area contributed by atoms with Crippen LogP contribution in [-0.4, -0.2) is 150 Å². The van der Waals surface area contributed by atoms with Gasteiger partial charge in [0.2, 0.25) is 0 Å². The zero-order valence-corrected chi connectivity index (χ0v) is 34.6. The molecule has 0 radical (unpaired) electrons. The average Bonchev–Trinajstić information content (AvgIpc) is 3.51. The minimum atomic E-state index is -1.81. The van der Waals surface area contributed by atoms with Gasteiger partial charge in [-0.3, -0.25) is 0 Å². The van der Waals surface area contributed by atoms with Gasteiger partial charge in [-0.1, -0.05) is 46.3 Å². The van der Waals surface area contributed by atoms with Crippen LogP contribution in [0.25, 0.3) is 0 Å². The Morgan fingerprint density at radius 3 is 1.98 bits per heavy atom. The molecule has 14 heteroatoms. The molecule has 0 spiro atoms. The highest BCUT2D eigenvalue weighted by Crippen LogP contribution is 2.76. The summed E-state index contributed by atoms with van der Waals surface area (Å²) in [6, 6.07) is 0. The van der Waals surface area contributed by atoms with E-state index in [1.807, 2.05) is 34.6 Å². The number of fused-ring (bicyclic) bond motifs is 5. The number of hydrogen-bond acceptors (Lipinski definition) is 14. The molecule has 0 unspecified atom stereocenters. The number of aliphatic hydroxyl groups is 10. The maximum Gasteiger partial charge on any atom is 0.187 e. The van der Waals surface area contributed by atoms with Crippen LogP contribution >= 0.6 is 0 Å². The van der Waals surface area contributed by atoms with Crippen LogP contribution in [0.5, 0.6) is 0 Å². The second-order valence-electron chi connectivity index (χ2n) is 20.3. The molecule has 10 N–H and O–H groups in total. The lowest BCUT2D eigenvalue weighted by Crippen LogP contribution is -2.71. The maximum atomic E-state index is 12.3. The monoisotopic (exact) mass is 800 g/mol. The van der Waals surface area contributed by atoms with Crippen LogP contribution in [0.4, 0.5) is 0 Å². The van der Waals surface area contributed by atoms with Crippen LogP contribution in [0.1, 0.15) is 107 Å². The van der Waals surface area contributed by atoms with E-state index in [2.05, 4.69) is 26.8 Å². The van der Waals surface area contributed by atoms with Gasteiger partial charge in [-0.15, -0.1) is 0 Å². The van der Waals surface area contributed by atoms with Crippen molar-refractivity contribution in [2.24, 2.45) is 45.3 Å². The average molecular weight is 801 g/mol. The molecule has 4 aliphatic carbocycles. The second kappa shape index (κ2) is 15.9. The molecule has 6 rings (SSSR count). The Bertz CT molecular complexity index is 1400. The molecule has 2 saturated heterocycles. The summed E-state index contributed by atoms with van der Waals surface area (Å²) in [5, 5.41) is 110. The third kappa shape index (κ3) is 7.16. The second-order valence-corrected chi connectivity index (χ2v) is 20.3. The Balaban J connectivity index is 1.38. The van der Waals surface area contributed by atoms with Crippen molar-refractivity contribution in [1.29, 1.82) is 0 Å². The lowest BCUT2D eigenvalue weighted by atomic mass is 9.34. The topological polar surface area (TPSA) is 239 Å². The van der Waals surface area contributed by atoms with Gasteiger partial charge in [0, 0.05) is 0 Å².